The fraction of sp³-hybridized carbons (Fsp3) is 0.312. The number of nitrogens with zero attached hydrogens (tertiary/aromatic N) is 3. The molecule has 0 aliphatic carbocycles. The first kappa shape index (κ1) is 14.2. The maximum atomic E-state index is 11.7. The molecule has 1 fully saturated rings. The first-order valence-electron chi connectivity index (χ1n) is 6.74. The molecule has 0 radical (unpaired) electrons. The van der Waals surface area contributed by atoms with Crippen LogP contribution in [0.2, 0.25) is 0 Å². The maximum absolute atomic E-state index is 11.7. The van der Waals surface area contributed by atoms with E-state index in [2.05, 4.69) is 16.5 Å². The van der Waals surface area contributed by atoms with Crippen molar-refractivity contribution in [2.24, 2.45) is 0 Å². The number of hydrogen-bond acceptors (Lipinski definition) is 3. The van der Waals surface area contributed by atoms with Crippen molar-refractivity contribution in [2.45, 2.75) is 26.7 Å². The standard InChI is InChI=1S/C16H19N3O/c1-4-6-12(2)9-13(3)14-10-17-11-15(18-14)19-8-5-7-16(19)20/h4,6,9-11H,2,5,7-8H2,1,3H3/b6-4-,13-9+. The molecule has 104 valence electrons. The van der Waals surface area contributed by atoms with Gasteiger partial charge in [-0.05, 0) is 31.4 Å². The fourth-order valence-corrected chi connectivity index (χ4v) is 2.18. The van der Waals surface area contributed by atoms with Crippen LogP contribution in [0.4, 0.5) is 5.82 Å². The summed E-state index contributed by atoms with van der Waals surface area (Å²) in [5, 5.41) is 0. The highest BCUT2D eigenvalue weighted by molar-refractivity contribution is 5.94. The molecule has 4 nitrogen and oxygen atoms in total. The molecule has 0 N–H and O–H groups in total. The van der Waals surface area contributed by atoms with Crippen LogP contribution in [0.5, 0.6) is 0 Å². The van der Waals surface area contributed by atoms with Gasteiger partial charge < -0.3 is 0 Å². The molecule has 1 aromatic heterocycles. The van der Waals surface area contributed by atoms with Crippen molar-refractivity contribution in [2.75, 3.05) is 11.4 Å². The molecular weight excluding hydrogens is 250 g/mol. The van der Waals surface area contributed by atoms with E-state index in [1.54, 1.807) is 17.3 Å². The van der Waals surface area contributed by atoms with Gasteiger partial charge in [0.25, 0.3) is 0 Å². The molecule has 0 atom stereocenters. The second kappa shape index (κ2) is 6.28. The number of hydrogen-bond donors (Lipinski definition) is 0. The highest BCUT2D eigenvalue weighted by Crippen LogP contribution is 2.21. The monoisotopic (exact) mass is 269 g/mol. The van der Waals surface area contributed by atoms with Gasteiger partial charge in [0.1, 0.15) is 0 Å². The lowest BCUT2D eigenvalue weighted by molar-refractivity contribution is -0.117. The van der Waals surface area contributed by atoms with Gasteiger partial charge in [-0.15, -0.1) is 0 Å². The zero-order valence-corrected chi connectivity index (χ0v) is 12.0. The smallest absolute Gasteiger partial charge is 0.228 e. The third kappa shape index (κ3) is 3.20. The molecule has 1 aromatic rings. The molecule has 1 saturated heterocycles. The first-order valence-corrected chi connectivity index (χ1v) is 6.74. The van der Waals surface area contributed by atoms with Crippen molar-refractivity contribution in [3.05, 3.63) is 48.5 Å². The molecule has 20 heavy (non-hydrogen) atoms. The molecule has 1 aliphatic rings. The summed E-state index contributed by atoms with van der Waals surface area (Å²) in [6, 6.07) is 0. The summed E-state index contributed by atoms with van der Waals surface area (Å²) in [4.78, 5) is 22.2. The van der Waals surface area contributed by atoms with Crippen molar-refractivity contribution in [1.29, 1.82) is 0 Å². The lowest BCUT2D eigenvalue weighted by Gasteiger charge is -2.14. The van der Waals surface area contributed by atoms with Crippen LogP contribution in [0, 0.1) is 0 Å². The Bertz CT molecular complexity index is 587. The highest BCUT2D eigenvalue weighted by atomic mass is 16.2. The van der Waals surface area contributed by atoms with Crippen molar-refractivity contribution >= 4 is 17.3 Å². The Balaban J connectivity index is 2.25. The summed E-state index contributed by atoms with van der Waals surface area (Å²) in [6.45, 7) is 8.59. The minimum absolute atomic E-state index is 0.122. The maximum Gasteiger partial charge on any atom is 0.228 e. The number of aromatic nitrogens is 2. The lowest BCUT2D eigenvalue weighted by Crippen LogP contribution is -2.25. The van der Waals surface area contributed by atoms with Gasteiger partial charge in [-0.2, -0.15) is 0 Å². The van der Waals surface area contributed by atoms with Gasteiger partial charge in [0.15, 0.2) is 5.82 Å². The van der Waals surface area contributed by atoms with Gasteiger partial charge in [0, 0.05) is 13.0 Å². The lowest BCUT2D eigenvalue weighted by atomic mass is 10.1. The zero-order valence-electron chi connectivity index (χ0n) is 12.0. The molecule has 0 aromatic carbocycles. The van der Waals surface area contributed by atoms with Crippen molar-refractivity contribution in [1.82, 2.24) is 9.97 Å². The summed E-state index contributed by atoms with van der Waals surface area (Å²) in [7, 11) is 0. The van der Waals surface area contributed by atoms with E-state index in [1.807, 2.05) is 32.1 Å². The number of rotatable bonds is 4. The third-order valence-corrected chi connectivity index (χ3v) is 3.16. The predicted octanol–water partition coefficient (Wildman–Crippen LogP) is 3.14. The normalized spacial score (nSPS) is 16.2. The van der Waals surface area contributed by atoms with Crippen LogP contribution in [0.3, 0.4) is 0 Å². The second-order valence-corrected chi connectivity index (χ2v) is 4.81. The van der Waals surface area contributed by atoms with Gasteiger partial charge in [-0.25, -0.2) is 4.98 Å². The van der Waals surface area contributed by atoms with Crippen LogP contribution in [0.15, 0.2) is 42.8 Å². The minimum atomic E-state index is 0.122. The number of anilines is 1. The molecule has 4 heteroatoms. The summed E-state index contributed by atoms with van der Waals surface area (Å²) < 4.78 is 0. The molecule has 0 unspecified atom stereocenters. The zero-order chi connectivity index (χ0) is 14.5. The molecule has 0 spiro atoms. The van der Waals surface area contributed by atoms with Crippen LogP contribution in [0.1, 0.15) is 32.4 Å². The average molecular weight is 269 g/mol. The van der Waals surface area contributed by atoms with E-state index < -0.39 is 0 Å². The van der Waals surface area contributed by atoms with E-state index in [9.17, 15) is 4.79 Å². The highest BCUT2D eigenvalue weighted by Gasteiger charge is 2.23. The van der Waals surface area contributed by atoms with Gasteiger partial charge >= 0.3 is 0 Å². The first-order chi connectivity index (χ1) is 9.61. The molecule has 2 heterocycles. The number of amides is 1. The third-order valence-electron chi connectivity index (χ3n) is 3.16. The second-order valence-electron chi connectivity index (χ2n) is 4.81. The molecule has 2 rings (SSSR count). The summed E-state index contributed by atoms with van der Waals surface area (Å²) in [6.07, 6.45) is 10.7. The average Bonchev–Trinajstić information content (AvgIpc) is 2.85. The molecule has 0 bridgehead atoms. The Morgan fingerprint density at radius 2 is 2.25 bits per heavy atom. The topological polar surface area (TPSA) is 46.1 Å². The Kier molecular flexibility index (Phi) is 4.45. The fourth-order valence-electron chi connectivity index (χ4n) is 2.18. The molecule has 1 aliphatic heterocycles. The molecule has 0 saturated carbocycles. The van der Waals surface area contributed by atoms with Crippen LogP contribution in [-0.4, -0.2) is 22.4 Å². The van der Waals surface area contributed by atoms with Crippen LogP contribution < -0.4 is 4.90 Å². The summed E-state index contributed by atoms with van der Waals surface area (Å²) in [5.41, 5.74) is 2.66. The Morgan fingerprint density at radius 3 is 2.90 bits per heavy atom. The van der Waals surface area contributed by atoms with Crippen molar-refractivity contribution < 1.29 is 4.79 Å². The van der Waals surface area contributed by atoms with Gasteiger partial charge in [0.2, 0.25) is 5.91 Å². The van der Waals surface area contributed by atoms with E-state index >= 15 is 0 Å². The number of carbonyl (C=O) groups excluding carboxylic acids is 1. The molecule has 1 amide bonds. The Labute approximate surface area is 119 Å². The van der Waals surface area contributed by atoms with Crippen LogP contribution in [-0.2, 0) is 4.79 Å². The van der Waals surface area contributed by atoms with Crippen molar-refractivity contribution in [3.63, 3.8) is 0 Å². The minimum Gasteiger partial charge on any atom is -0.296 e. The van der Waals surface area contributed by atoms with E-state index in [1.165, 1.54) is 0 Å². The Hall–Kier alpha value is -2.23. The van der Waals surface area contributed by atoms with E-state index in [-0.39, 0.29) is 5.91 Å². The largest absolute Gasteiger partial charge is 0.296 e. The van der Waals surface area contributed by atoms with Gasteiger partial charge in [-0.1, -0.05) is 24.8 Å². The number of carbonyl (C=O) groups is 1. The van der Waals surface area contributed by atoms with E-state index in [0.717, 1.165) is 29.8 Å². The predicted molar refractivity (Wildman–Crippen MR) is 81.2 cm³/mol. The quantitative estimate of drug-likeness (QED) is 0.789. The van der Waals surface area contributed by atoms with E-state index in [0.29, 0.717) is 12.2 Å². The molecular formula is C16H19N3O. The SMILES string of the molecule is C=C(/C=C\C)/C=C(\C)c1cncc(N2CCCC2=O)n1. The van der Waals surface area contributed by atoms with Crippen LogP contribution >= 0.6 is 0 Å². The summed E-state index contributed by atoms with van der Waals surface area (Å²) >= 11 is 0. The van der Waals surface area contributed by atoms with E-state index in [4.69, 9.17) is 0 Å². The van der Waals surface area contributed by atoms with Crippen LogP contribution in [0.25, 0.3) is 5.57 Å². The number of allylic oxidation sites excluding steroid dienone is 5. The van der Waals surface area contributed by atoms with Crippen molar-refractivity contribution in [3.8, 4) is 0 Å². The van der Waals surface area contributed by atoms with Gasteiger partial charge in [-0.3, -0.25) is 14.7 Å². The summed E-state index contributed by atoms with van der Waals surface area (Å²) in [5.74, 6) is 0.755. The van der Waals surface area contributed by atoms with Gasteiger partial charge in [0.05, 0.1) is 18.1 Å². The Morgan fingerprint density at radius 1 is 1.45 bits per heavy atom.